The van der Waals surface area contributed by atoms with Crippen LogP contribution in [0.4, 0.5) is 4.79 Å². The van der Waals surface area contributed by atoms with Crippen LogP contribution in [0.5, 0.6) is 5.88 Å². The van der Waals surface area contributed by atoms with Crippen LogP contribution in [-0.2, 0) is 4.74 Å². The summed E-state index contributed by atoms with van der Waals surface area (Å²) < 4.78 is 10.6. The Bertz CT molecular complexity index is 532. The molecule has 108 valence electrons. The Kier molecular flexibility index (Phi) is 3.97. The van der Waals surface area contributed by atoms with Crippen molar-refractivity contribution < 1.29 is 14.3 Å². The lowest BCUT2D eigenvalue weighted by molar-refractivity contribution is 0.0306. The third kappa shape index (κ3) is 3.29. The molecule has 1 aliphatic rings. The molecule has 2 heterocycles. The molecule has 0 radical (unpaired) electrons. The van der Waals surface area contributed by atoms with E-state index in [0.29, 0.717) is 19.0 Å². The van der Waals surface area contributed by atoms with Gasteiger partial charge >= 0.3 is 6.09 Å². The zero-order valence-corrected chi connectivity index (χ0v) is 12.3. The highest BCUT2D eigenvalue weighted by molar-refractivity contribution is 5.78. The van der Waals surface area contributed by atoms with Gasteiger partial charge in [-0.3, -0.25) is 0 Å². The van der Waals surface area contributed by atoms with Crippen molar-refractivity contribution in [1.82, 2.24) is 9.88 Å². The van der Waals surface area contributed by atoms with E-state index in [0.717, 1.165) is 11.1 Å². The van der Waals surface area contributed by atoms with Crippen molar-refractivity contribution in [2.24, 2.45) is 0 Å². The van der Waals surface area contributed by atoms with Gasteiger partial charge in [-0.2, -0.15) is 0 Å². The lowest BCUT2D eigenvalue weighted by atomic mass is 10.1. The second-order valence-electron chi connectivity index (χ2n) is 5.65. The summed E-state index contributed by atoms with van der Waals surface area (Å²) in [5.41, 5.74) is 1.47. The van der Waals surface area contributed by atoms with E-state index in [4.69, 9.17) is 9.47 Å². The van der Waals surface area contributed by atoms with Gasteiger partial charge in [0.2, 0.25) is 5.88 Å². The lowest BCUT2D eigenvalue weighted by Gasteiger charge is -2.24. The fourth-order valence-corrected chi connectivity index (χ4v) is 2.01. The third-order valence-corrected chi connectivity index (χ3v) is 2.88. The van der Waals surface area contributed by atoms with Gasteiger partial charge < -0.3 is 14.4 Å². The van der Waals surface area contributed by atoms with Crippen molar-refractivity contribution in [2.45, 2.75) is 26.4 Å². The molecule has 5 nitrogen and oxygen atoms in total. The average molecular weight is 276 g/mol. The van der Waals surface area contributed by atoms with E-state index in [1.807, 2.05) is 39.0 Å². The Morgan fingerprint density at radius 1 is 1.40 bits per heavy atom. The smallest absolute Gasteiger partial charge is 0.410 e. The molecule has 0 saturated heterocycles. The molecule has 2 rings (SSSR count). The highest BCUT2D eigenvalue weighted by atomic mass is 16.6. The first kappa shape index (κ1) is 14.4. The minimum atomic E-state index is -0.480. The lowest BCUT2D eigenvalue weighted by Crippen LogP contribution is -2.35. The second kappa shape index (κ2) is 5.53. The molecule has 0 fully saturated rings. The highest BCUT2D eigenvalue weighted by Crippen LogP contribution is 2.28. The van der Waals surface area contributed by atoms with Gasteiger partial charge in [-0.15, -0.1) is 0 Å². The topological polar surface area (TPSA) is 51.7 Å². The van der Waals surface area contributed by atoms with Gasteiger partial charge in [0, 0.05) is 24.8 Å². The number of carbonyl (C=O) groups is 1. The predicted molar refractivity (Wildman–Crippen MR) is 76.6 cm³/mol. The van der Waals surface area contributed by atoms with Crippen LogP contribution in [0, 0.1) is 0 Å². The van der Waals surface area contributed by atoms with Crippen LogP contribution in [0.25, 0.3) is 5.57 Å². The van der Waals surface area contributed by atoms with Gasteiger partial charge in [0.25, 0.3) is 0 Å². The zero-order valence-electron chi connectivity index (χ0n) is 12.3. The monoisotopic (exact) mass is 276 g/mol. The number of ether oxygens (including phenoxy) is 2. The molecule has 0 aliphatic carbocycles. The van der Waals surface area contributed by atoms with Crippen molar-refractivity contribution in [3.8, 4) is 5.88 Å². The summed E-state index contributed by atoms with van der Waals surface area (Å²) in [5.74, 6) is 0.574. The number of aromatic nitrogens is 1. The Morgan fingerprint density at radius 3 is 2.80 bits per heavy atom. The fraction of sp³-hybridized carbons (Fsp3) is 0.467. The van der Waals surface area contributed by atoms with Gasteiger partial charge in [-0.25, -0.2) is 9.78 Å². The molecule has 0 N–H and O–H groups in total. The Hall–Kier alpha value is -2.04. The molecule has 0 bridgehead atoms. The predicted octanol–water partition coefficient (Wildman–Crippen LogP) is 2.72. The number of amides is 1. The summed E-state index contributed by atoms with van der Waals surface area (Å²) in [6.45, 7) is 6.64. The Balaban J connectivity index is 2.07. The molecule has 1 aliphatic heterocycles. The quantitative estimate of drug-likeness (QED) is 0.833. The van der Waals surface area contributed by atoms with Gasteiger partial charge in [0.15, 0.2) is 0 Å². The Labute approximate surface area is 119 Å². The van der Waals surface area contributed by atoms with E-state index in [1.54, 1.807) is 18.2 Å². The van der Waals surface area contributed by atoms with Crippen molar-refractivity contribution in [2.75, 3.05) is 20.2 Å². The summed E-state index contributed by atoms with van der Waals surface area (Å²) in [6.07, 6.45) is 3.39. The molecule has 1 amide bonds. The van der Waals surface area contributed by atoms with Crippen molar-refractivity contribution >= 4 is 11.7 Å². The normalized spacial score (nSPS) is 15.0. The molecule has 1 aromatic rings. The minimum absolute atomic E-state index is 0.299. The maximum Gasteiger partial charge on any atom is 0.410 e. The summed E-state index contributed by atoms with van der Waals surface area (Å²) >= 11 is 0. The van der Waals surface area contributed by atoms with E-state index in [2.05, 4.69) is 4.98 Å². The van der Waals surface area contributed by atoms with Gasteiger partial charge in [-0.1, -0.05) is 6.08 Å². The van der Waals surface area contributed by atoms with Crippen molar-refractivity contribution in [3.63, 3.8) is 0 Å². The highest BCUT2D eigenvalue weighted by Gasteiger charge is 2.26. The molecule has 5 heteroatoms. The number of hydrogen-bond acceptors (Lipinski definition) is 4. The molecule has 0 unspecified atom stereocenters. The molecule has 0 saturated carbocycles. The Morgan fingerprint density at radius 2 is 2.15 bits per heavy atom. The van der Waals surface area contributed by atoms with Gasteiger partial charge in [0.1, 0.15) is 5.60 Å². The number of hydrogen-bond donors (Lipinski definition) is 0. The first-order valence-corrected chi connectivity index (χ1v) is 6.57. The average Bonchev–Trinajstić information content (AvgIpc) is 2.86. The van der Waals surface area contributed by atoms with Crippen LogP contribution in [-0.4, -0.2) is 41.8 Å². The maximum atomic E-state index is 12.0. The first-order chi connectivity index (χ1) is 9.40. The summed E-state index contributed by atoms with van der Waals surface area (Å²) in [6, 6.07) is 3.80. The number of nitrogens with zero attached hydrogens (tertiary/aromatic N) is 2. The van der Waals surface area contributed by atoms with Crippen LogP contribution in [0.1, 0.15) is 26.3 Å². The largest absolute Gasteiger partial charge is 0.481 e. The fourth-order valence-electron chi connectivity index (χ4n) is 2.01. The van der Waals surface area contributed by atoms with Crippen LogP contribution in [0.2, 0.25) is 0 Å². The molecule has 1 aromatic heterocycles. The van der Waals surface area contributed by atoms with E-state index in [-0.39, 0.29) is 6.09 Å². The SMILES string of the molecule is COc1ncccc1C1=CCN(C(=O)OC(C)(C)C)C1. The third-order valence-electron chi connectivity index (χ3n) is 2.88. The summed E-state index contributed by atoms with van der Waals surface area (Å²) in [7, 11) is 1.59. The van der Waals surface area contributed by atoms with Crippen LogP contribution >= 0.6 is 0 Å². The molecular formula is C15H20N2O3. The maximum absolute atomic E-state index is 12.0. The van der Waals surface area contributed by atoms with Gasteiger partial charge in [0.05, 0.1) is 7.11 Å². The van der Waals surface area contributed by atoms with E-state index < -0.39 is 5.60 Å². The molecule has 0 atom stereocenters. The molecule has 20 heavy (non-hydrogen) atoms. The standard InChI is InChI=1S/C15H20N2O3/c1-15(2,3)20-14(18)17-9-7-11(10-17)12-6-5-8-16-13(12)19-4/h5-8H,9-10H2,1-4H3. The van der Waals surface area contributed by atoms with Crippen LogP contribution < -0.4 is 4.74 Å². The van der Waals surface area contributed by atoms with Gasteiger partial charge in [-0.05, 0) is 38.5 Å². The minimum Gasteiger partial charge on any atom is -0.481 e. The van der Waals surface area contributed by atoms with E-state index >= 15 is 0 Å². The number of rotatable bonds is 2. The first-order valence-electron chi connectivity index (χ1n) is 6.57. The zero-order chi connectivity index (χ0) is 14.8. The number of methoxy groups -OCH3 is 1. The van der Waals surface area contributed by atoms with Crippen molar-refractivity contribution in [1.29, 1.82) is 0 Å². The van der Waals surface area contributed by atoms with E-state index in [1.165, 1.54) is 0 Å². The summed E-state index contributed by atoms with van der Waals surface area (Å²) in [4.78, 5) is 17.8. The molecule has 0 spiro atoms. The molecular weight excluding hydrogens is 256 g/mol. The van der Waals surface area contributed by atoms with Crippen LogP contribution in [0.3, 0.4) is 0 Å². The molecule has 0 aromatic carbocycles. The van der Waals surface area contributed by atoms with E-state index in [9.17, 15) is 4.79 Å². The van der Waals surface area contributed by atoms with Crippen molar-refractivity contribution in [3.05, 3.63) is 30.0 Å². The van der Waals surface area contributed by atoms with Crippen LogP contribution in [0.15, 0.2) is 24.4 Å². The number of pyridine rings is 1. The summed E-state index contributed by atoms with van der Waals surface area (Å²) in [5, 5.41) is 0. The second-order valence-corrected chi connectivity index (χ2v) is 5.65. The number of carbonyl (C=O) groups excluding carboxylic acids is 1.